The summed E-state index contributed by atoms with van der Waals surface area (Å²) in [6.45, 7) is 0. The fourth-order valence-corrected chi connectivity index (χ4v) is 2.79. The van der Waals surface area contributed by atoms with Gasteiger partial charge >= 0.3 is 18.5 Å². The van der Waals surface area contributed by atoms with Gasteiger partial charge in [-0.3, -0.25) is 0 Å². The maximum absolute atomic E-state index is 13.5. The fourth-order valence-electron chi connectivity index (χ4n) is 2.79. The van der Waals surface area contributed by atoms with Crippen LogP contribution >= 0.6 is 0 Å². The van der Waals surface area contributed by atoms with Crippen molar-refractivity contribution in [3.8, 4) is 16.9 Å². The van der Waals surface area contributed by atoms with Crippen LogP contribution in [0.15, 0.2) is 42.5 Å². The predicted octanol–water partition coefficient (Wildman–Crippen LogP) is 5.25. The first-order valence-electron chi connectivity index (χ1n) is 7.81. The van der Waals surface area contributed by atoms with Gasteiger partial charge in [0.1, 0.15) is 5.75 Å². The van der Waals surface area contributed by atoms with Crippen LogP contribution in [0.4, 0.5) is 26.3 Å². The lowest BCUT2D eigenvalue weighted by molar-refractivity contribution is -0.274. The number of nitrogens with zero attached hydrogens (tertiary/aromatic N) is 1. The molecule has 0 aliphatic heterocycles. The fraction of sp³-hybridized carbons (Fsp3) is 0.167. The number of aromatic nitrogens is 1. The van der Waals surface area contributed by atoms with Gasteiger partial charge in [0.2, 0.25) is 0 Å². The van der Waals surface area contributed by atoms with Crippen molar-refractivity contribution in [3.05, 3.63) is 53.7 Å². The lowest BCUT2D eigenvalue weighted by Gasteiger charge is -2.13. The molecule has 154 valence electrons. The number of esters is 1. The largest absolute Gasteiger partial charge is 0.573 e. The Balaban J connectivity index is 2.16. The first-order valence-corrected chi connectivity index (χ1v) is 7.81. The summed E-state index contributed by atoms with van der Waals surface area (Å²) in [4.78, 5) is 11.7. The molecule has 11 heteroatoms. The third-order valence-corrected chi connectivity index (χ3v) is 4.02. The molecule has 5 nitrogen and oxygen atoms in total. The maximum Gasteiger partial charge on any atom is 0.573 e. The number of rotatable bonds is 3. The quantitative estimate of drug-likeness (QED) is 0.358. The Labute approximate surface area is 158 Å². The second-order valence-electron chi connectivity index (χ2n) is 5.86. The van der Waals surface area contributed by atoms with Gasteiger partial charge in [0.15, 0.2) is 5.69 Å². The van der Waals surface area contributed by atoms with E-state index in [0.717, 1.165) is 49.6 Å². The SMILES string of the molecule is COC(=O)c1cc2c(C(F)(F)F)cc(-c3ccc(OC(F)(F)F)cc3)cc2n1O. The molecule has 2 aromatic carbocycles. The summed E-state index contributed by atoms with van der Waals surface area (Å²) in [5.41, 5.74) is -1.90. The normalized spacial score (nSPS) is 12.2. The smallest absolute Gasteiger partial charge is 0.464 e. The molecule has 0 atom stereocenters. The Morgan fingerprint density at radius 1 is 0.966 bits per heavy atom. The number of ether oxygens (including phenoxy) is 2. The van der Waals surface area contributed by atoms with Gasteiger partial charge in [-0.05, 0) is 41.5 Å². The number of methoxy groups -OCH3 is 1. The standard InChI is InChI=1S/C18H11F6NO4/c1-28-16(26)15-8-12-13(17(19,20)21)6-10(7-14(12)25(15)27)9-2-4-11(5-3-9)29-18(22,23)24/h2-8,27H,1H3. The highest BCUT2D eigenvalue weighted by Gasteiger charge is 2.35. The van der Waals surface area contributed by atoms with Crippen molar-refractivity contribution in [3.63, 3.8) is 0 Å². The minimum atomic E-state index is -4.91. The number of fused-ring (bicyclic) bond motifs is 1. The maximum atomic E-state index is 13.5. The van der Waals surface area contributed by atoms with E-state index in [0.29, 0.717) is 0 Å². The van der Waals surface area contributed by atoms with Gasteiger partial charge in [0.25, 0.3) is 0 Å². The molecule has 0 unspecified atom stereocenters. The first kappa shape index (κ1) is 20.4. The zero-order chi connectivity index (χ0) is 21.6. The lowest BCUT2D eigenvalue weighted by atomic mass is 9.99. The van der Waals surface area contributed by atoms with Crippen LogP contribution in [-0.2, 0) is 10.9 Å². The van der Waals surface area contributed by atoms with E-state index in [1.54, 1.807) is 0 Å². The Hall–Kier alpha value is -3.37. The monoisotopic (exact) mass is 419 g/mol. The van der Waals surface area contributed by atoms with Gasteiger partial charge in [-0.15, -0.1) is 13.2 Å². The first-order chi connectivity index (χ1) is 13.4. The average molecular weight is 419 g/mol. The highest BCUT2D eigenvalue weighted by Crippen LogP contribution is 2.39. The number of alkyl halides is 6. The topological polar surface area (TPSA) is 60.7 Å². The predicted molar refractivity (Wildman–Crippen MR) is 87.6 cm³/mol. The van der Waals surface area contributed by atoms with E-state index in [4.69, 9.17) is 0 Å². The van der Waals surface area contributed by atoms with Crippen molar-refractivity contribution in [2.75, 3.05) is 7.11 Å². The highest BCUT2D eigenvalue weighted by molar-refractivity contribution is 5.98. The molecule has 3 aromatic rings. The minimum absolute atomic E-state index is 0.0480. The van der Waals surface area contributed by atoms with Crippen LogP contribution in [0, 0.1) is 0 Å². The second kappa shape index (κ2) is 6.90. The van der Waals surface area contributed by atoms with Gasteiger partial charge in [-0.1, -0.05) is 12.1 Å². The van der Waals surface area contributed by atoms with Crippen LogP contribution in [-0.4, -0.2) is 29.4 Å². The summed E-state index contributed by atoms with van der Waals surface area (Å²) >= 11 is 0. The Morgan fingerprint density at radius 3 is 2.10 bits per heavy atom. The Bertz CT molecular complexity index is 1070. The van der Waals surface area contributed by atoms with E-state index < -0.39 is 40.9 Å². The number of hydrogen-bond acceptors (Lipinski definition) is 4. The van der Waals surface area contributed by atoms with E-state index in [2.05, 4.69) is 9.47 Å². The molecule has 29 heavy (non-hydrogen) atoms. The number of halogens is 6. The zero-order valence-electron chi connectivity index (χ0n) is 14.4. The molecule has 1 aromatic heterocycles. The molecule has 0 fully saturated rings. The summed E-state index contributed by atoms with van der Waals surface area (Å²) in [5, 5.41) is 9.68. The van der Waals surface area contributed by atoms with E-state index in [1.807, 2.05) is 0 Å². The molecule has 0 aliphatic carbocycles. The van der Waals surface area contributed by atoms with Crippen LogP contribution in [0.3, 0.4) is 0 Å². The zero-order valence-corrected chi connectivity index (χ0v) is 14.4. The second-order valence-corrected chi connectivity index (χ2v) is 5.86. The number of carbonyl (C=O) groups excluding carboxylic acids is 1. The minimum Gasteiger partial charge on any atom is -0.464 e. The van der Waals surface area contributed by atoms with Gasteiger partial charge in [-0.25, -0.2) is 4.79 Å². The van der Waals surface area contributed by atoms with Gasteiger partial charge in [0.05, 0.1) is 18.2 Å². The molecule has 0 saturated heterocycles. The van der Waals surface area contributed by atoms with Crippen molar-refractivity contribution in [2.24, 2.45) is 0 Å². The molecule has 1 heterocycles. The van der Waals surface area contributed by atoms with Crippen molar-refractivity contribution < 1.29 is 45.8 Å². The third-order valence-electron chi connectivity index (χ3n) is 4.02. The molecule has 0 bridgehead atoms. The molecular formula is C18H11F6NO4. The van der Waals surface area contributed by atoms with Crippen LogP contribution < -0.4 is 4.74 Å². The van der Waals surface area contributed by atoms with Crippen molar-refractivity contribution >= 4 is 16.9 Å². The van der Waals surface area contributed by atoms with Crippen LogP contribution in [0.25, 0.3) is 22.0 Å². The summed E-state index contributed by atoms with van der Waals surface area (Å²) in [7, 11) is 1.00. The van der Waals surface area contributed by atoms with E-state index >= 15 is 0 Å². The van der Waals surface area contributed by atoms with Crippen molar-refractivity contribution in [1.29, 1.82) is 0 Å². The molecular weight excluding hydrogens is 408 g/mol. The number of hydrogen-bond donors (Lipinski definition) is 1. The van der Waals surface area contributed by atoms with Crippen molar-refractivity contribution in [2.45, 2.75) is 12.5 Å². The molecule has 1 N–H and O–H groups in total. The Morgan fingerprint density at radius 2 is 1.59 bits per heavy atom. The van der Waals surface area contributed by atoms with Crippen LogP contribution in [0.2, 0.25) is 0 Å². The number of carbonyl (C=O) groups is 1. The Kier molecular flexibility index (Phi) is 4.85. The summed E-state index contributed by atoms with van der Waals surface area (Å²) in [6.07, 6.45) is -9.74. The van der Waals surface area contributed by atoms with Crippen LogP contribution in [0.5, 0.6) is 5.75 Å². The highest BCUT2D eigenvalue weighted by atomic mass is 19.4. The third kappa shape index (κ3) is 4.08. The van der Waals surface area contributed by atoms with Gasteiger partial charge in [-0.2, -0.15) is 17.9 Å². The molecule has 3 rings (SSSR count). The van der Waals surface area contributed by atoms with Crippen molar-refractivity contribution in [1.82, 2.24) is 4.73 Å². The molecule has 0 spiro atoms. The lowest BCUT2D eigenvalue weighted by Crippen LogP contribution is -2.16. The van der Waals surface area contributed by atoms with Crippen LogP contribution in [0.1, 0.15) is 16.1 Å². The summed E-state index contributed by atoms with van der Waals surface area (Å²) in [5.74, 6) is -1.59. The molecule has 0 saturated carbocycles. The van der Waals surface area contributed by atoms with E-state index in [9.17, 15) is 36.3 Å². The summed E-state index contributed by atoms with van der Waals surface area (Å²) in [6, 6.07) is 6.92. The summed E-state index contributed by atoms with van der Waals surface area (Å²) < 4.78 is 85.8. The molecule has 0 radical (unpaired) electrons. The molecule has 0 amide bonds. The van der Waals surface area contributed by atoms with E-state index in [-0.39, 0.29) is 21.4 Å². The van der Waals surface area contributed by atoms with E-state index in [1.165, 1.54) is 0 Å². The van der Waals surface area contributed by atoms with Gasteiger partial charge < -0.3 is 14.7 Å². The van der Waals surface area contributed by atoms with Gasteiger partial charge in [0, 0.05) is 5.39 Å². The average Bonchev–Trinajstić information content (AvgIpc) is 2.95. The number of benzene rings is 2. The molecule has 0 aliphatic rings.